The zero-order valence-electron chi connectivity index (χ0n) is 11.3. The van der Waals surface area contributed by atoms with Crippen LogP contribution in [0.15, 0.2) is 0 Å². The summed E-state index contributed by atoms with van der Waals surface area (Å²) in [6, 6.07) is -0.0688. The predicted octanol–water partition coefficient (Wildman–Crippen LogP) is 0.581. The molecule has 2 amide bonds. The van der Waals surface area contributed by atoms with Gasteiger partial charge in [0.05, 0.1) is 6.04 Å². The predicted molar refractivity (Wildman–Crippen MR) is 73.8 cm³/mol. The number of carbonyl (C=O) groups is 2. The Morgan fingerprint density at radius 3 is 2.50 bits per heavy atom. The molecule has 0 aromatic rings. The van der Waals surface area contributed by atoms with Crippen molar-refractivity contribution in [3.63, 3.8) is 0 Å². The monoisotopic (exact) mass is 277 g/mol. The van der Waals surface area contributed by atoms with Gasteiger partial charge in [-0.15, -0.1) is 12.4 Å². The minimum Gasteiger partial charge on any atom is -0.354 e. The highest BCUT2D eigenvalue weighted by molar-refractivity contribution is 5.85. The molecule has 1 heterocycles. The van der Waals surface area contributed by atoms with Crippen LogP contribution in [0.25, 0.3) is 0 Å². The number of hydrogen-bond acceptors (Lipinski definition) is 3. The van der Waals surface area contributed by atoms with Crippen LogP contribution < -0.4 is 16.0 Å². The van der Waals surface area contributed by atoms with Gasteiger partial charge in [-0.25, -0.2) is 0 Å². The molecule has 6 heteroatoms. The van der Waals surface area contributed by atoms with E-state index in [0.29, 0.717) is 13.0 Å². The van der Waals surface area contributed by atoms with Crippen molar-refractivity contribution in [2.24, 2.45) is 0 Å². The van der Waals surface area contributed by atoms with Crippen LogP contribution in [0.5, 0.6) is 0 Å². The summed E-state index contributed by atoms with van der Waals surface area (Å²) in [5, 5.41) is 8.76. The van der Waals surface area contributed by atoms with Crippen molar-refractivity contribution in [1.29, 1.82) is 0 Å². The van der Waals surface area contributed by atoms with Crippen molar-refractivity contribution in [2.75, 3.05) is 13.1 Å². The zero-order valence-corrected chi connectivity index (χ0v) is 12.2. The molecule has 1 saturated heterocycles. The molecule has 0 spiro atoms. The van der Waals surface area contributed by atoms with Gasteiger partial charge in [-0.1, -0.05) is 0 Å². The molecule has 1 rings (SSSR count). The topological polar surface area (TPSA) is 70.2 Å². The largest absolute Gasteiger partial charge is 0.354 e. The quantitative estimate of drug-likeness (QED) is 0.704. The van der Waals surface area contributed by atoms with Gasteiger partial charge in [0.25, 0.3) is 0 Å². The fourth-order valence-electron chi connectivity index (χ4n) is 1.81. The van der Waals surface area contributed by atoms with Crippen molar-refractivity contribution >= 4 is 24.2 Å². The Labute approximate surface area is 115 Å². The van der Waals surface area contributed by atoms with Crippen molar-refractivity contribution in [3.05, 3.63) is 0 Å². The van der Waals surface area contributed by atoms with Crippen LogP contribution in [-0.4, -0.2) is 36.5 Å². The van der Waals surface area contributed by atoms with E-state index in [9.17, 15) is 9.59 Å². The van der Waals surface area contributed by atoms with Gasteiger partial charge in [0.15, 0.2) is 0 Å². The third-order valence-electron chi connectivity index (χ3n) is 2.54. The van der Waals surface area contributed by atoms with Gasteiger partial charge in [0.2, 0.25) is 11.8 Å². The minimum atomic E-state index is -0.214. The van der Waals surface area contributed by atoms with E-state index in [0.717, 1.165) is 19.4 Å². The molecule has 1 aliphatic rings. The molecule has 0 radical (unpaired) electrons. The lowest BCUT2D eigenvalue weighted by atomic mass is 10.1. The molecule has 0 aromatic heterocycles. The summed E-state index contributed by atoms with van der Waals surface area (Å²) in [6.07, 6.45) is 2.26. The number of amides is 2. The SMILES string of the molecule is CC(C)(C)NC(=O)CCNC(=O)[C@@H]1CCCN1.Cl. The van der Waals surface area contributed by atoms with Gasteiger partial charge >= 0.3 is 0 Å². The van der Waals surface area contributed by atoms with Gasteiger partial charge in [-0.2, -0.15) is 0 Å². The highest BCUT2D eigenvalue weighted by atomic mass is 35.5. The Morgan fingerprint density at radius 1 is 1.33 bits per heavy atom. The summed E-state index contributed by atoms with van der Waals surface area (Å²) in [4.78, 5) is 23.1. The Morgan fingerprint density at radius 2 is 2.00 bits per heavy atom. The van der Waals surface area contributed by atoms with Gasteiger partial charge in [0.1, 0.15) is 0 Å². The molecule has 3 N–H and O–H groups in total. The third kappa shape index (κ3) is 6.81. The highest BCUT2D eigenvalue weighted by Crippen LogP contribution is 2.04. The first-order valence-electron chi connectivity index (χ1n) is 6.20. The van der Waals surface area contributed by atoms with Crippen molar-refractivity contribution < 1.29 is 9.59 Å². The van der Waals surface area contributed by atoms with Crippen LogP contribution in [0.4, 0.5) is 0 Å². The molecule has 106 valence electrons. The van der Waals surface area contributed by atoms with Crippen LogP contribution in [0.3, 0.4) is 0 Å². The number of hydrogen-bond donors (Lipinski definition) is 3. The Kier molecular flexibility index (Phi) is 7.25. The average Bonchev–Trinajstić information content (AvgIpc) is 2.66. The lowest BCUT2D eigenvalue weighted by molar-refractivity contribution is -0.123. The smallest absolute Gasteiger partial charge is 0.237 e. The van der Waals surface area contributed by atoms with Crippen LogP contribution in [0, 0.1) is 0 Å². The highest BCUT2D eigenvalue weighted by Gasteiger charge is 2.21. The Balaban J connectivity index is 0.00000289. The van der Waals surface area contributed by atoms with Gasteiger partial charge < -0.3 is 16.0 Å². The standard InChI is InChI=1S/C12H23N3O2.ClH/c1-12(2,3)15-10(16)6-8-14-11(17)9-5-4-7-13-9;/h9,13H,4-8H2,1-3H3,(H,14,17)(H,15,16);1H/t9-;/m0./s1. The molecular weight excluding hydrogens is 254 g/mol. The lowest BCUT2D eigenvalue weighted by Gasteiger charge is -2.20. The molecule has 0 unspecified atom stereocenters. The second kappa shape index (κ2) is 7.59. The van der Waals surface area contributed by atoms with E-state index in [-0.39, 0.29) is 35.8 Å². The molecule has 1 atom stereocenters. The molecule has 5 nitrogen and oxygen atoms in total. The van der Waals surface area contributed by atoms with Crippen molar-refractivity contribution in [2.45, 2.75) is 51.6 Å². The summed E-state index contributed by atoms with van der Waals surface area (Å²) < 4.78 is 0. The second-order valence-corrected chi connectivity index (χ2v) is 5.49. The van der Waals surface area contributed by atoms with Crippen molar-refractivity contribution in [1.82, 2.24) is 16.0 Å². The van der Waals surface area contributed by atoms with E-state index in [2.05, 4.69) is 16.0 Å². The van der Waals surface area contributed by atoms with E-state index in [1.54, 1.807) is 0 Å². The summed E-state index contributed by atoms with van der Waals surface area (Å²) in [5.41, 5.74) is -0.214. The summed E-state index contributed by atoms with van der Waals surface area (Å²) in [6.45, 7) is 7.12. The van der Waals surface area contributed by atoms with E-state index >= 15 is 0 Å². The van der Waals surface area contributed by atoms with E-state index in [1.165, 1.54) is 0 Å². The molecule has 0 bridgehead atoms. The Bertz CT molecular complexity index is 284. The van der Waals surface area contributed by atoms with Crippen molar-refractivity contribution in [3.8, 4) is 0 Å². The van der Waals surface area contributed by atoms with Gasteiger partial charge in [0, 0.05) is 18.5 Å². The van der Waals surface area contributed by atoms with Crippen LogP contribution in [0.2, 0.25) is 0 Å². The maximum absolute atomic E-state index is 11.6. The minimum absolute atomic E-state index is 0. The fraction of sp³-hybridized carbons (Fsp3) is 0.833. The number of nitrogens with one attached hydrogen (secondary N) is 3. The maximum atomic E-state index is 11.6. The fourth-order valence-corrected chi connectivity index (χ4v) is 1.81. The van der Waals surface area contributed by atoms with E-state index in [1.807, 2.05) is 20.8 Å². The Hall–Kier alpha value is -0.810. The third-order valence-corrected chi connectivity index (χ3v) is 2.54. The van der Waals surface area contributed by atoms with E-state index < -0.39 is 0 Å². The average molecular weight is 278 g/mol. The van der Waals surface area contributed by atoms with Gasteiger partial charge in [-0.05, 0) is 40.2 Å². The normalized spacial score (nSPS) is 18.9. The molecule has 1 fully saturated rings. The van der Waals surface area contributed by atoms with Crippen LogP contribution in [-0.2, 0) is 9.59 Å². The summed E-state index contributed by atoms with van der Waals surface area (Å²) in [5.74, 6) is -0.0248. The second-order valence-electron chi connectivity index (χ2n) is 5.49. The summed E-state index contributed by atoms with van der Waals surface area (Å²) in [7, 11) is 0. The first-order valence-corrected chi connectivity index (χ1v) is 6.20. The van der Waals surface area contributed by atoms with E-state index in [4.69, 9.17) is 0 Å². The summed E-state index contributed by atoms with van der Waals surface area (Å²) >= 11 is 0. The molecular formula is C12H24ClN3O2. The van der Waals surface area contributed by atoms with Crippen LogP contribution >= 0.6 is 12.4 Å². The van der Waals surface area contributed by atoms with Gasteiger partial charge in [-0.3, -0.25) is 9.59 Å². The zero-order chi connectivity index (χ0) is 12.9. The molecule has 18 heavy (non-hydrogen) atoms. The first-order chi connectivity index (χ1) is 7.88. The number of rotatable bonds is 4. The maximum Gasteiger partial charge on any atom is 0.237 e. The number of halogens is 1. The molecule has 0 aliphatic carbocycles. The number of carbonyl (C=O) groups excluding carboxylic acids is 2. The first kappa shape index (κ1) is 17.2. The van der Waals surface area contributed by atoms with Crippen LogP contribution in [0.1, 0.15) is 40.0 Å². The molecule has 0 aromatic carbocycles. The molecule has 1 aliphatic heterocycles. The lowest BCUT2D eigenvalue weighted by Crippen LogP contribution is -2.44. The molecule has 0 saturated carbocycles.